The zero-order valence-corrected chi connectivity index (χ0v) is 16.0. The van der Waals surface area contributed by atoms with Crippen molar-refractivity contribution in [3.05, 3.63) is 59.2 Å². The molecule has 0 radical (unpaired) electrons. The van der Waals surface area contributed by atoms with Crippen molar-refractivity contribution in [2.45, 2.75) is 34.1 Å². The summed E-state index contributed by atoms with van der Waals surface area (Å²) in [4.78, 5) is 15.0. The number of carboxylic acids is 1. The van der Waals surface area contributed by atoms with Crippen LogP contribution in [0.25, 0.3) is 5.57 Å². The normalized spacial score (nSPS) is 12.6. The highest BCUT2D eigenvalue weighted by Gasteiger charge is 2.06. The Labute approximate surface area is 151 Å². The number of benzene rings is 1. The Morgan fingerprint density at radius 2 is 2.00 bits per heavy atom. The number of nitrogens with zero attached hydrogens (tertiary/aromatic N) is 1. The molecule has 0 saturated carbocycles. The third-order valence-electron chi connectivity index (χ3n) is 3.25. The van der Waals surface area contributed by atoms with Crippen molar-refractivity contribution < 1.29 is 14.6 Å². The van der Waals surface area contributed by atoms with Crippen molar-refractivity contribution in [2.75, 3.05) is 14.2 Å². The number of methoxy groups -OCH3 is 1. The first-order chi connectivity index (χ1) is 12.0. The van der Waals surface area contributed by atoms with Gasteiger partial charge in [-0.15, -0.1) is 0 Å². The molecule has 0 saturated heterocycles. The van der Waals surface area contributed by atoms with E-state index in [-0.39, 0.29) is 6.42 Å². The minimum atomic E-state index is -0.874. The van der Waals surface area contributed by atoms with E-state index in [1.165, 1.54) is 0 Å². The third-order valence-corrected chi connectivity index (χ3v) is 3.25. The van der Waals surface area contributed by atoms with Gasteiger partial charge in [0.15, 0.2) is 0 Å². The number of aliphatic imine (C=N–C) groups is 1. The standard InChI is InChI=1S/C19H23NO3.C2H6/c1-5-7-15(16-8-6-9-18(11-16)23-4)10-14(2)17(13-20-3)12-19(21)22;1-2/h5-11,13H,12H2,1-4H3,(H,21,22);1-2H3/b7-5-,15-10+,17-14+,20-13?;. The van der Waals surface area contributed by atoms with Crippen LogP contribution in [0.5, 0.6) is 5.75 Å². The van der Waals surface area contributed by atoms with Crippen LogP contribution in [-0.2, 0) is 4.79 Å². The molecule has 0 aliphatic heterocycles. The van der Waals surface area contributed by atoms with E-state index in [9.17, 15) is 4.79 Å². The quantitative estimate of drug-likeness (QED) is 0.548. The SMILES string of the molecule is CC.C\C=C/C(=C\C(C)=C(\C=NC)CC(=O)O)c1cccc(OC)c1. The smallest absolute Gasteiger partial charge is 0.307 e. The van der Waals surface area contributed by atoms with E-state index in [2.05, 4.69) is 4.99 Å². The van der Waals surface area contributed by atoms with Crippen LogP contribution >= 0.6 is 0 Å². The summed E-state index contributed by atoms with van der Waals surface area (Å²) in [6, 6.07) is 7.76. The number of carbonyl (C=O) groups is 1. The molecule has 136 valence electrons. The molecule has 4 nitrogen and oxygen atoms in total. The minimum absolute atomic E-state index is 0.0547. The van der Waals surface area contributed by atoms with Crippen LogP contribution in [-0.4, -0.2) is 31.4 Å². The molecule has 0 heterocycles. The lowest BCUT2D eigenvalue weighted by Gasteiger charge is -2.08. The molecule has 0 amide bonds. The fraction of sp³-hybridized carbons (Fsp3) is 0.333. The first-order valence-electron chi connectivity index (χ1n) is 8.34. The number of rotatable bonds is 7. The molecule has 1 rings (SSSR count). The van der Waals surface area contributed by atoms with Gasteiger partial charge < -0.3 is 9.84 Å². The Hall–Kier alpha value is -2.62. The van der Waals surface area contributed by atoms with Gasteiger partial charge in [0.25, 0.3) is 0 Å². The minimum Gasteiger partial charge on any atom is -0.497 e. The molecule has 1 N–H and O–H groups in total. The van der Waals surface area contributed by atoms with Gasteiger partial charge in [0, 0.05) is 13.3 Å². The number of ether oxygens (including phenoxy) is 1. The lowest BCUT2D eigenvalue weighted by molar-refractivity contribution is -0.136. The average Bonchev–Trinajstić information content (AvgIpc) is 2.62. The van der Waals surface area contributed by atoms with Crippen LogP contribution in [0.3, 0.4) is 0 Å². The zero-order valence-electron chi connectivity index (χ0n) is 16.0. The summed E-state index contributed by atoms with van der Waals surface area (Å²) in [6.07, 6.45) is 7.44. The van der Waals surface area contributed by atoms with Crippen molar-refractivity contribution in [3.63, 3.8) is 0 Å². The monoisotopic (exact) mass is 343 g/mol. The van der Waals surface area contributed by atoms with Crippen LogP contribution in [0.2, 0.25) is 0 Å². The Bertz CT molecular complexity index is 667. The Morgan fingerprint density at radius 3 is 2.52 bits per heavy atom. The molecule has 0 bridgehead atoms. The van der Waals surface area contributed by atoms with Crippen LogP contribution in [0.1, 0.15) is 39.7 Å². The highest BCUT2D eigenvalue weighted by Crippen LogP contribution is 2.23. The Balaban J connectivity index is 0.00000277. The van der Waals surface area contributed by atoms with E-state index in [1.807, 2.05) is 70.2 Å². The fourth-order valence-corrected chi connectivity index (χ4v) is 2.14. The highest BCUT2D eigenvalue weighted by atomic mass is 16.5. The van der Waals surface area contributed by atoms with Gasteiger partial charge in [-0.2, -0.15) is 0 Å². The molecule has 1 aromatic rings. The lowest BCUT2D eigenvalue weighted by Crippen LogP contribution is -2.00. The first-order valence-corrected chi connectivity index (χ1v) is 8.34. The summed E-state index contributed by atoms with van der Waals surface area (Å²) in [5, 5.41) is 9.04. The predicted molar refractivity (Wildman–Crippen MR) is 107 cm³/mol. The molecule has 25 heavy (non-hydrogen) atoms. The van der Waals surface area contributed by atoms with E-state index in [0.717, 1.165) is 22.5 Å². The molecule has 0 unspecified atom stereocenters. The molecular weight excluding hydrogens is 314 g/mol. The Morgan fingerprint density at radius 1 is 1.32 bits per heavy atom. The molecule has 4 heteroatoms. The van der Waals surface area contributed by atoms with Gasteiger partial charge in [-0.25, -0.2) is 0 Å². The molecule has 0 fully saturated rings. The molecule has 0 aliphatic carbocycles. The average molecular weight is 343 g/mol. The van der Waals surface area contributed by atoms with Crippen LogP contribution in [0, 0.1) is 0 Å². The van der Waals surface area contributed by atoms with Gasteiger partial charge >= 0.3 is 5.97 Å². The molecule has 0 atom stereocenters. The van der Waals surface area contributed by atoms with Gasteiger partial charge in [0.1, 0.15) is 5.75 Å². The van der Waals surface area contributed by atoms with E-state index in [0.29, 0.717) is 5.57 Å². The zero-order chi connectivity index (χ0) is 19.2. The van der Waals surface area contributed by atoms with Crippen molar-refractivity contribution in [3.8, 4) is 5.75 Å². The first kappa shape index (κ1) is 22.4. The second kappa shape index (κ2) is 12.8. The molecular formula is C21H29NO3. The van der Waals surface area contributed by atoms with Crippen molar-refractivity contribution >= 4 is 17.8 Å². The topological polar surface area (TPSA) is 58.9 Å². The summed E-state index contributed by atoms with van der Waals surface area (Å²) in [7, 11) is 3.26. The number of hydrogen-bond donors (Lipinski definition) is 1. The van der Waals surface area contributed by atoms with Gasteiger partial charge in [-0.05, 0) is 48.3 Å². The van der Waals surface area contributed by atoms with Crippen LogP contribution < -0.4 is 4.74 Å². The number of carboxylic acid groups (broad SMARTS) is 1. The largest absolute Gasteiger partial charge is 0.497 e. The third kappa shape index (κ3) is 8.15. The van der Waals surface area contributed by atoms with Crippen LogP contribution in [0.4, 0.5) is 0 Å². The van der Waals surface area contributed by atoms with Gasteiger partial charge in [0.05, 0.1) is 13.5 Å². The van der Waals surface area contributed by atoms with Crippen molar-refractivity contribution in [1.82, 2.24) is 0 Å². The van der Waals surface area contributed by atoms with Gasteiger partial charge in [-0.1, -0.05) is 44.2 Å². The van der Waals surface area contributed by atoms with E-state index in [4.69, 9.17) is 9.84 Å². The van der Waals surface area contributed by atoms with Gasteiger partial charge in [0.2, 0.25) is 0 Å². The molecule has 0 spiro atoms. The van der Waals surface area contributed by atoms with E-state index < -0.39 is 5.97 Å². The molecule has 0 aliphatic rings. The van der Waals surface area contributed by atoms with Gasteiger partial charge in [-0.3, -0.25) is 9.79 Å². The summed E-state index contributed by atoms with van der Waals surface area (Å²) >= 11 is 0. The summed E-state index contributed by atoms with van der Waals surface area (Å²) in [5.74, 6) is -0.0953. The summed E-state index contributed by atoms with van der Waals surface area (Å²) in [6.45, 7) is 7.84. The maximum absolute atomic E-state index is 11.0. The molecule has 1 aromatic carbocycles. The van der Waals surface area contributed by atoms with Crippen molar-refractivity contribution in [2.24, 2.45) is 4.99 Å². The highest BCUT2D eigenvalue weighted by molar-refractivity contribution is 5.89. The van der Waals surface area contributed by atoms with Crippen LogP contribution in [0.15, 0.2) is 58.6 Å². The number of hydrogen-bond acceptors (Lipinski definition) is 3. The summed E-state index contributed by atoms with van der Waals surface area (Å²) in [5.41, 5.74) is 3.54. The second-order valence-electron chi connectivity index (χ2n) is 5.00. The van der Waals surface area contributed by atoms with Crippen molar-refractivity contribution in [1.29, 1.82) is 0 Å². The molecule has 0 aromatic heterocycles. The predicted octanol–water partition coefficient (Wildman–Crippen LogP) is 5.17. The number of allylic oxidation sites excluding steroid dienone is 5. The maximum atomic E-state index is 11.0. The second-order valence-corrected chi connectivity index (χ2v) is 5.00. The van der Waals surface area contributed by atoms with E-state index >= 15 is 0 Å². The summed E-state index contributed by atoms with van der Waals surface area (Å²) < 4.78 is 5.26. The lowest BCUT2D eigenvalue weighted by atomic mass is 9.99. The van der Waals surface area contributed by atoms with E-state index in [1.54, 1.807) is 20.4 Å². The fourth-order valence-electron chi connectivity index (χ4n) is 2.14. The maximum Gasteiger partial charge on any atom is 0.307 e. The number of aliphatic carboxylic acids is 1. The Kier molecular flexibility index (Phi) is 11.4.